The van der Waals surface area contributed by atoms with Crippen molar-refractivity contribution < 1.29 is 12.8 Å². The Morgan fingerprint density at radius 3 is 2.53 bits per heavy atom. The maximum absolute atomic E-state index is 13.9. The van der Waals surface area contributed by atoms with Crippen LogP contribution in [0, 0.1) is 12.7 Å². The average molecular weight is 547 g/mol. The Hall–Kier alpha value is -3.51. The number of aryl methyl sites for hydroxylation is 1. The van der Waals surface area contributed by atoms with Gasteiger partial charge in [-0.2, -0.15) is 0 Å². The van der Waals surface area contributed by atoms with E-state index in [1.54, 1.807) is 19.2 Å². The molecule has 0 radical (unpaired) electrons. The van der Waals surface area contributed by atoms with Crippen LogP contribution >= 0.6 is 23.2 Å². The van der Waals surface area contributed by atoms with Crippen LogP contribution in [0.1, 0.15) is 11.5 Å². The van der Waals surface area contributed by atoms with E-state index in [-0.39, 0.29) is 38.4 Å². The van der Waals surface area contributed by atoms with Gasteiger partial charge in [-0.15, -0.1) is 0 Å². The van der Waals surface area contributed by atoms with E-state index < -0.39 is 21.4 Å². The van der Waals surface area contributed by atoms with Gasteiger partial charge in [0.25, 0.3) is 5.56 Å². The van der Waals surface area contributed by atoms with Gasteiger partial charge < -0.3 is 15.3 Å². The van der Waals surface area contributed by atoms with E-state index in [9.17, 15) is 17.6 Å². The highest BCUT2D eigenvalue weighted by Crippen LogP contribution is 2.37. The summed E-state index contributed by atoms with van der Waals surface area (Å²) in [4.78, 5) is 26.6. The number of aromatic nitrogens is 4. The lowest BCUT2D eigenvalue weighted by atomic mass is 10.1. The third kappa shape index (κ3) is 4.53. The SMILES string of the molecule is Cc1cnc(CNS(=O)(=O)c2cc(Cl)c(Nc3nc4ccc(F)cc4c4c(=O)[nH]ccc34)c(Cl)c2)[nH]1. The molecule has 5 aromatic rings. The van der Waals surface area contributed by atoms with Crippen LogP contribution in [0.2, 0.25) is 10.0 Å². The van der Waals surface area contributed by atoms with Crippen LogP contribution in [0.25, 0.3) is 21.7 Å². The molecule has 4 N–H and O–H groups in total. The number of anilines is 2. The van der Waals surface area contributed by atoms with Crippen molar-refractivity contribution in [3.05, 3.63) is 86.5 Å². The molecule has 0 bridgehead atoms. The van der Waals surface area contributed by atoms with Gasteiger partial charge in [-0.1, -0.05) is 23.2 Å². The monoisotopic (exact) mass is 546 g/mol. The average Bonchev–Trinajstić information content (AvgIpc) is 3.25. The quantitative estimate of drug-likeness (QED) is 0.226. The summed E-state index contributed by atoms with van der Waals surface area (Å²) < 4.78 is 41.9. The van der Waals surface area contributed by atoms with Crippen LogP contribution in [-0.2, 0) is 16.6 Å². The Bertz CT molecular complexity index is 1800. The fraction of sp³-hybridized carbons (Fsp3) is 0.0870. The van der Waals surface area contributed by atoms with Crippen LogP contribution in [-0.4, -0.2) is 28.4 Å². The lowest BCUT2D eigenvalue weighted by molar-refractivity contribution is 0.579. The molecule has 3 aromatic heterocycles. The van der Waals surface area contributed by atoms with Crippen molar-refractivity contribution in [3.63, 3.8) is 0 Å². The number of hydrogen-bond acceptors (Lipinski definition) is 6. The first-order chi connectivity index (χ1) is 17.1. The number of aromatic amines is 2. The number of halogens is 3. The predicted molar refractivity (Wildman–Crippen MR) is 137 cm³/mol. The van der Waals surface area contributed by atoms with Crippen LogP contribution in [0.3, 0.4) is 0 Å². The van der Waals surface area contributed by atoms with E-state index in [2.05, 4.69) is 30.0 Å². The molecular formula is C23H17Cl2FN6O3S. The Balaban J connectivity index is 1.53. The van der Waals surface area contributed by atoms with E-state index in [0.29, 0.717) is 22.1 Å². The van der Waals surface area contributed by atoms with Crippen molar-refractivity contribution >= 4 is 66.4 Å². The fourth-order valence-corrected chi connectivity index (χ4v) is 5.52. The Labute approximate surface area is 213 Å². The number of rotatable bonds is 6. The van der Waals surface area contributed by atoms with Crippen LogP contribution < -0.4 is 15.6 Å². The molecule has 0 aliphatic heterocycles. The number of nitrogens with one attached hydrogen (secondary N) is 4. The first kappa shape index (κ1) is 24.2. The summed E-state index contributed by atoms with van der Waals surface area (Å²) in [5.74, 6) is 0.185. The zero-order chi connectivity index (χ0) is 25.6. The number of H-pyrrole nitrogens is 2. The largest absolute Gasteiger partial charge is 0.345 e. The third-order valence-corrected chi connectivity index (χ3v) is 7.41. The molecule has 0 aliphatic rings. The van der Waals surface area contributed by atoms with Crippen LogP contribution in [0.5, 0.6) is 0 Å². The number of imidazole rings is 1. The summed E-state index contributed by atoms with van der Waals surface area (Å²) >= 11 is 12.9. The highest BCUT2D eigenvalue weighted by Gasteiger charge is 2.20. The number of sulfonamides is 1. The Kier molecular flexibility index (Phi) is 6.17. The third-order valence-electron chi connectivity index (χ3n) is 5.43. The van der Waals surface area contributed by atoms with Gasteiger partial charge in [-0.3, -0.25) is 4.79 Å². The number of nitrogens with zero attached hydrogens (tertiary/aromatic N) is 2. The summed E-state index contributed by atoms with van der Waals surface area (Å²) in [6.45, 7) is 1.76. The van der Waals surface area contributed by atoms with Crippen molar-refractivity contribution in [2.75, 3.05) is 5.32 Å². The summed E-state index contributed by atoms with van der Waals surface area (Å²) in [5, 5.41) is 4.00. The van der Waals surface area contributed by atoms with Crippen molar-refractivity contribution in [3.8, 4) is 0 Å². The first-order valence-electron chi connectivity index (χ1n) is 10.5. The molecule has 3 heterocycles. The van der Waals surface area contributed by atoms with E-state index in [1.807, 2.05) is 0 Å². The van der Waals surface area contributed by atoms with Crippen molar-refractivity contribution in [1.82, 2.24) is 24.7 Å². The van der Waals surface area contributed by atoms with Crippen molar-refractivity contribution in [2.24, 2.45) is 0 Å². The second kappa shape index (κ2) is 9.17. The number of pyridine rings is 2. The molecule has 9 nitrogen and oxygen atoms in total. The molecule has 184 valence electrons. The van der Waals surface area contributed by atoms with Gasteiger partial charge in [0, 0.05) is 28.9 Å². The number of hydrogen-bond donors (Lipinski definition) is 4. The molecule has 2 aromatic carbocycles. The molecule has 0 aliphatic carbocycles. The molecule has 0 spiro atoms. The minimum Gasteiger partial charge on any atom is -0.345 e. The zero-order valence-corrected chi connectivity index (χ0v) is 20.8. The standard InChI is InChI=1S/C23H17Cl2FN6O3S/c1-11-9-28-19(30-11)10-29-36(34,35)13-7-16(24)21(17(25)8-13)32-22-14-4-5-27-23(33)20(14)15-6-12(26)2-3-18(15)31-22/h2-9,29H,10H2,1H3,(H,27,33)(H,28,30)(H,31,32). The number of fused-ring (bicyclic) bond motifs is 3. The van der Waals surface area contributed by atoms with Gasteiger partial charge >= 0.3 is 0 Å². The second-order valence-corrected chi connectivity index (χ2v) is 10.5. The molecule has 0 amide bonds. The minimum atomic E-state index is -3.96. The van der Waals surface area contributed by atoms with E-state index in [0.717, 1.165) is 5.69 Å². The van der Waals surface area contributed by atoms with Gasteiger partial charge in [0.05, 0.1) is 38.1 Å². The molecule has 5 rings (SSSR count). The molecule has 0 saturated carbocycles. The van der Waals surface area contributed by atoms with Gasteiger partial charge in [0.15, 0.2) is 0 Å². The van der Waals surface area contributed by atoms with Gasteiger partial charge in [0.2, 0.25) is 10.0 Å². The highest BCUT2D eigenvalue weighted by molar-refractivity contribution is 7.89. The lowest BCUT2D eigenvalue weighted by Crippen LogP contribution is -2.24. The van der Waals surface area contributed by atoms with E-state index in [4.69, 9.17) is 23.2 Å². The maximum Gasteiger partial charge on any atom is 0.256 e. The van der Waals surface area contributed by atoms with Crippen molar-refractivity contribution in [1.29, 1.82) is 0 Å². The normalized spacial score (nSPS) is 11.9. The summed E-state index contributed by atoms with van der Waals surface area (Å²) in [6, 6.07) is 8.02. The van der Waals surface area contributed by atoms with Gasteiger partial charge in [0.1, 0.15) is 17.5 Å². The smallest absolute Gasteiger partial charge is 0.256 e. The predicted octanol–water partition coefficient (Wildman–Crippen LogP) is 4.78. The molecular weight excluding hydrogens is 530 g/mol. The molecule has 36 heavy (non-hydrogen) atoms. The van der Waals surface area contributed by atoms with Gasteiger partial charge in [-0.05, 0) is 43.3 Å². The molecule has 0 fully saturated rings. The highest BCUT2D eigenvalue weighted by atomic mass is 35.5. The topological polar surface area (TPSA) is 133 Å². The van der Waals surface area contributed by atoms with Crippen LogP contribution in [0.15, 0.2) is 58.5 Å². The summed E-state index contributed by atoms with van der Waals surface area (Å²) in [5.41, 5.74) is 0.930. The fourth-order valence-electron chi connectivity index (χ4n) is 3.77. The van der Waals surface area contributed by atoms with Gasteiger partial charge in [-0.25, -0.2) is 27.5 Å². The first-order valence-corrected chi connectivity index (χ1v) is 12.7. The van der Waals surface area contributed by atoms with E-state index >= 15 is 0 Å². The van der Waals surface area contributed by atoms with Crippen molar-refractivity contribution in [2.45, 2.75) is 18.4 Å². The second-order valence-electron chi connectivity index (χ2n) is 7.94. The Morgan fingerprint density at radius 2 is 1.83 bits per heavy atom. The maximum atomic E-state index is 13.9. The minimum absolute atomic E-state index is 0.00992. The zero-order valence-electron chi connectivity index (χ0n) is 18.5. The number of benzene rings is 2. The molecule has 0 atom stereocenters. The molecule has 13 heteroatoms. The molecule has 0 saturated heterocycles. The summed E-state index contributed by atoms with van der Waals surface area (Å²) in [7, 11) is -3.96. The Morgan fingerprint density at radius 1 is 1.08 bits per heavy atom. The summed E-state index contributed by atoms with van der Waals surface area (Å²) in [6.07, 6.45) is 3.03. The van der Waals surface area contributed by atoms with Crippen LogP contribution in [0.4, 0.5) is 15.9 Å². The van der Waals surface area contributed by atoms with E-state index in [1.165, 1.54) is 36.5 Å². The lowest BCUT2D eigenvalue weighted by Gasteiger charge is -2.15. The molecule has 0 unspecified atom stereocenters.